The Balaban J connectivity index is 1.95. The maximum atomic E-state index is 12.6. The van der Waals surface area contributed by atoms with E-state index in [4.69, 9.17) is 4.74 Å². The number of hydrogen-bond acceptors (Lipinski definition) is 5. The third-order valence-electron chi connectivity index (χ3n) is 3.87. The molecular weight excluding hydrogens is 360 g/mol. The van der Waals surface area contributed by atoms with E-state index in [0.29, 0.717) is 5.56 Å². The summed E-state index contributed by atoms with van der Waals surface area (Å²) in [5.41, 5.74) is 0.239. The number of nitrogens with zero attached hydrogens (tertiary/aromatic N) is 3. The normalized spacial score (nSPS) is 10.9. The van der Waals surface area contributed by atoms with Crippen LogP contribution in [-0.2, 0) is 11.3 Å². The van der Waals surface area contributed by atoms with Crippen molar-refractivity contribution in [2.45, 2.75) is 13.5 Å². The van der Waals surface area contributed by atoms with E-state index < -0.39 is 11.5 Å². The second-order valence-electron chi connectivity index (χ2n) is 5.82. The van der Waals surface area contributed by atoms with Gasteiger partial charge in [-0.15, -0.1) is 4.68 Å². The van der Waals surface area contributed by atoms with Crippen LogP contribution in [0.5, 0.6) is 0 Å². The van der Waals surface area contributed by atoms with Crippen LogP contribution in [0.1, 0.15) is 33.3 Å². The molecule has 0 radical (unpaired) electrons. The Bertz CT molecular complexity index is 1050. The summed E-state index contributed by atoms with van der Waals surface area (Å²) in [6.45, 7) is 1.50. The number of aromatic nitrogens is 3. The van der Waals surface area contributed by atoms with E-state index in [1.165, 1.54) is 6.21 Å². The molecule has 0 saturated carbocycles. The summed E-state index contributed by atoms with van der Waals surface area (Å²) in [4.78, 5) is 38.3. The molecule has 0 saturated heterocycles. The highest BCUT2D eigenvalue weighted by molar-refractivity contribution is 5.95. The van der Waals surface area contributed by atoms with Gasteiger partial charge in [0.15, 0.2) is 6.54 Å². The number of ether oxygens (including phenoxy) is 1. The number of hydrogen-bond donors (Lipinski definition) is 1. The molecule has 0 unspecified atom stereocenters. The standard InChI is InChI=1S/C20H18N4O4/c1-2-28-20(27)18-19(26)24(21-13-15-9-5-3-6-10-15)22-23(18)14-17(25)16-11-7-4-8-12-16/h3-13H,2,14H2,1H3/p+1/b21-13+. The number of rotatable bonds is 7. The summed E-state index contributed by atoms with van der Waals surface area (Å²) in [7, 11) is 0. The van der Waals surface area contributed by atoms with Crippen molar-refractivity contribution in [1.29, 1.82) is 0 Å². The maximum absolute atomic E-state index is 12.6. The number of H-pyrrole nitrogens is 1. The maximum Gasteiger partial charge on any atom is 0.434 e. The molecule has 8 nitrogen and oxygen atoms in total. The number of nitrogens with one attached hydrogen (secondary N) is 1. The Hall–Kier alpha value is -3.81. The molecule has 142 valence electrons. The average molecular weight is 379 g/mol. The summed E-state index contributed by atoms with van der Waals surface area (Å²) < 4.78 is 6.11. The molecule has 1 heterocycles. The first-order chi connectivity index (χ1) is 13.6. The van der Waals surface area contributed by atoms with Gasteiger partial charge in [-0.2, -0.15) is 0 Å². The van der Waals surface area contributed by atoms with Gasteiger partial charge < -0.3 is 4.74 Å². The molecule has 3 aromatic rings. The predicted octanol–water partition coefficient (Wildman–Crippen LogP) is 1.41. The molecule has 1 N–H and O–H groups in total. The largest absolute Gasteiger partial charge is 0.459 e. The fourth-order valence-corrected chi connectivity index (χ4v) is 2.54. The van der Waals surface area contributed by atoms with Gasteiger partial charge in [-0.05, 0) is 12.5 Å². The van der Waals surface area contributed by atoms with Gasteiger partial charge in [-0.25, -0.2) is 9.59 Å². The summed E-state index contributed by atoms with van der Waals surface area (Å²) in [6, 6.07) is 17.8. The summed E-state index contributed by atoms with van der Waals surface area (Å²) in [5, 5.41) is 6.73. The Labute approximate surface area is 160 Å². The molecule has 2 aromatic carbocycles. The highest BCUT2D eigenvalue weighted by atomic mass is 16.5. The van der Waals surface area contributed by atoms with Crippen molar-refractivity contribution in [3.63, 3.8) is 0 Å². The lowest BCUT2D eigenvalue weighted by Crippen LogP contribution is -2.46. The fraction of sp³-hybridized carbons (Fsp3) is 0.150. The first kappa shape index (κ1) is 19.0. The van der Waals surface area contributed by atoms with Crippen molar-refractivity contribution in [2.24, 2.45) is 5.10 Å². The average Bonchev–Trinajstić information content (AvgIpc) is 3.03. The van der Waals surface area contributed by atoms with Crippen molar-refractivity contribution < 1.29 is 19.0 Å². The van der Waals surface area contributed by atoms with Crippen LogP contribution in [0.2, 0.25) is 0 Å². The highest BCUT2D eigenvalue weighted by Gasteiger charge is 2.31. The van der Waals surface area contributed by atoms with Crippen LogP contribution in [0.4, 0.5) is 0 Å². The van der Waals surface area contributed by atoms with Crippen molar-refractivity contribution >= 4 is 18.0 Å². The molecule has 1 aromatic heterocycles. The van der Waals surface area contributed by atoms with Crippen LogP contribution in [0.15, 0.2) is 70.6 Å². The zero-order valence-corrected chi connectivity index (χ0v) is 15.2. The quantitative estimate of drug-likeness (QED) is 0.290. The minimum Gasteiger partial charge on any atom is -0.459 e. The second-order valence-corrected chi connectivity index (χ2v) is 5.82. The predicted molar refractivity (Wildman–Crippen MR) is 101 cm³/mol. The Morgan fingerprint density at radius 2 is 1.75 bits per heavy atom. The van der Waals surface area contributed by atoms with Crippen molar-refractivity contribution in [3.05, 3.63) is 87.8 Å². The van der Waals surface area contributed by atoms with Crippen LogP contribution in [0.3, 0.4) is 0 Å². The van der Waals surface area contributed by atoms with Crippen LogP contribution >= 0.6 is 0 Å². The zero-order chi connectivity index (χ0) is 19.9. The number of ketones is 1. The van der Waals surface area contributed by atoms with Gasteiger partial charge in [0.25, 0.3) is 0 Å². The number of benzene rings is 2. The minimum absolute atomic E-state index is 0.101. The van der Waals surface area contributed by atoms with Gasteiger partial charge in [-0.1, -0.05) is 71.0 Å². The third kappa shape index (κ3) is 4.29. The molecule has 0 fully saturated rings. The van der Waals surface area contributed by atoms with Crippen LogP contribution < -0.4 is 10.2 Å². The molecule has 0 aliphatic heterocycles. The Morgan fingerprint density at radius 3 is 2.39 bits per heavy atom. The van der Waals surface area contributed by atoms with Crippen molar-refractivity contribution in [3.8, 4) is 0 Å². The molecule has 0 spiro atoms. The lowest BCUT2D eigenvalue weighted by Gasteiger charge is -2.00. The van der Waals surface area contributed by atoms with Gasteiger partial charge >= 0.3 is 17.2 Å². The molecule has 0 aliphatic carbocycles. The van der Waals surface area contributed by atoms with Gasteiger partial charge in [0, 0.05) is 10.4 Å². The molecule has 0 amide bonds. The molecule has 0 bridgehead atoms. The van der Waals surface area contributed by atoms with E-state index in [2.05, 4.69) is 10.3 Å². The lowest BCUT2D eigenvalue weighted by molar-refractivity contribution is -0.744. The second kappa shape index (κ2) is 8.72. The van der Waals surface area contributed by atoms with E-state index in [9.17, 15) is 14.4 Å². The number of Topliss-reactive ketones (excluding diaryl/α,β-unsaturated/α-hetero) is 1. The number of aromatic amines is 1. The van der Waals surface area contributed by atoms with Gasteiger partial charge in [-0.3, -0.25) is 4.79 Å². The summed E-state index contributed by atoms with van der Waals surface area (Å²) in [6.07, 6.45) is 1.47. The Kier molecular flexibility index (Phi) is 5.91. The molecule has 3 rings (SSSR count). The Morgan fingerprint density at radius 1 is 1.11 bits per heavy atom. The molecule has 8 heteroatoms. The summed E-state index contributed by atoms with van der Waals surface area (Å²) in [5.74, 6) is -1.09. The first-order valence-corrected chi connectivity index (χ1v) is 8.69. The lowest BCUT2D eigenvalue weighted by atomic mass is 10.1. The van der Waals surface area contributed by atoms with E-state index >= 15 is 0 Å². The smallest absolute Gasteiger partial charge is 0.434 e. The number of carbonyl (C=O) groups is 2. The van der Waals surface area contributed by atoms with E-state index in [1.54, 1.807) is 37.3 Å². The SMILES string of the molecule is CCOC(=O)c1c(=O)n(/N=C/c2ccccc2)[nH][n+]1CC(=O)c1ccccc1. The summed E-state index contributed by atoms with van der Waals surface area (Å²) >= 11 is 0. The van der Waals surface area contributed by atoms with Crippen molar-refractivity contribution in [1.82, 2.24) is 10.0 Å². The third-order valence-corrected chi connectivity index (χ3v) is 3.87. The topological polar surface area (TPSA) is 97.4 Å². The van der Waals surface area contributed by atoms with Crippen molar-refractivity contribution in [2.75, 3.05) is 6.61 Å². The van der Waals surface area contributed by atoms with Gasteiger partial charge in [0.1, 0.15) is 0 Å². The van der Waals surface area contributed by atoms with E-state index in [1.807, 2.05) is 30.3 Å². The van der Waals surface area contributed by atoms with Gasteiger partial charge in [0.05, 0.1) is 12.8 Å². The van der Waals surface area contributed by atoms with Crippen LogP contribution in [0, 0.1) is 0 Å². The van der Waals surface area contributed by atoms with E-state index in [-0.39, 0.29) is 24.6 Å². The molecule has 0 atom stereocenters. The van der Waals surface area contributed by atoms with E-state index in [0.717, 1.165) is 15.0 Å². The first-order valence-electron chi connectivity index (χ1n) is 8.69. The molecule has 0 aliphatic rings. The van der Waals surface area contributed by atoms with Crippen LogP contribution in [-0.4, -0.2) is 34.6 Å². The molecular formula is C20H19N4O4+. The van der Waals surface area contributed by atoms with Crippen LogP contribution in [0.25, 0.3) is 0 Å². The monoisotopic (exact) mass is 379 g/mol. The molecule has 28 heavy (non-hydrogen) atoms. The number of carbonyl (C=O) groups excluding carboxylic acids is 2. The fourth-order valence-electron chi connectivity index (χ4n) is 2.54. The number of esters is 1. The zero-order valence-electron chi connectivity index (χ0n) is 15.2. The highest BCUT2D eigenvalue weighted by Crippen LogP contribution is 2.00. The minimum atomic E-state index is -0.821. The van der Waals surface area contributed by atoms with Gasteiger partial charge in [0.2, 0.25) is 5.78 Å².